The predicted octanol–water partition coefficient (Wildman–Crippen LogP) is 1.77. The van der Waals surface area contributed by atoms with Crippen LogP contribution in [0.1, 0.15) is 11.4 Å². The molecule has 92 valence electrons. The summed E-state index contributed by atoms with van der Waals surface area (Å²) in [5, 5.41) is 12.4. The number of anilines is 1. The van der Waals surface area contributed by atoms with Crippen LogP contribution in [-0.2, 0) is 19.8 Å². The van der Waals surface area contributed by atoms with Crippen molar-refractivity contribution < 1.29 is 13.2 Å². The molecule has 0 spiro atoms. The fourth-order valence-electron chi connectivity index (χ4n) is 1.31. The van der Waals surface area contributed by atoms with E-state index in [1.165, 1.54) is 0 Å². The van der Waals surface area contributed by atoms with Crippen LogP contribution in [0.5, 0.6) is 0 Å². The zero-order chi connectivity index (χ0) is 12.5. The Kier molecular flexibility index (Phi) is 2.78. The van der Waals surface area contributed by atoms with Gasteiger partial charge in [-0.2, -0.15) is 23.4 Å². The lowest BCUT2D eigenvalue weighted by atomic mass is 10.3. The minimum Gasteiger partial charge on any atom is -0.377 e. The molecule has 2 heterocycles. The lowest BCUT2D eigenvalue weighted by molar-refractivity contribution is -0.141. The number of aromatic amines is 1. The van der Waals surface area contributed by atoms with E-state index >= 15 is 0 Å². The van der Waals surface area contributed by atoms with Crippen molar-refractivity contribution in [1.82, 2.24) is 20.0 Å². The highest BCUT2D eigenvalue weighted by Crippen LogP contribution is 2.27. The first kappa shape index (κ1) is 11.5. The Labute approximate surface area is 94.6 Å². The summed E-state index contributed by atoms with van der Waals surface area (Å²) < 4.78 is 38.3. The molecular formula is C9H10F3N5. The van der Waals surface area contributed by atoms with E-state index in [-0.39, 0.29) is 6.54 Å². The quantitative estimate of drug-likeness (QED) is 0.866. The van der Waals surface area contributed by atoms with Gasteiger partial charge in [0, 0.05) is 13.2 Å². The summed E-state index contributed by atoms with van der Waals surface area (Å²) in [6.07, 6.45) is -1.11. The Morgan fingerprint density at radius 3 is 2.76 bits per heavy atom. The normalized spacial score (nSPS) is 11.8. The number of nitrogens with zero attached hydrogens (tertiary/aromatic N) is 3. The summed E-state index contributed by atoms with van der Waals surface area (Å²) in [5.74, 6) is 0. The zero-order valence-corrected chi connectivity index (χ0v) is 8.91. The third-order valence-corrected chi connectivity index (χ3v) is 2.11. The van der Waals surface area contributed by atoms with Gasteiger partial charge in [0.2, 0.25) is 0 Å². The predicted molar refractivity (Wildman–Crippen MR) is 54.1 cm³/mol. The van der Waals surface area contributed by atoms with Gasteiger partial charge in [-0.1, -0.05) is 0 Å². The van der Waals surface area contributed by atoms with Crippen molar-refractivity contribution in [3.05, 3.63) is 29.8 Å². The van der Waals surface area contributed by atoms with Crippen molar-refractivity contribution in [2.24, 2.45) is 7.05 Å². The molecule has 2 aromatic heterocycles. The highest BCUT2D eigenvalue weighted by atomic mass is 19.4. The zero-order valence-electron chi connectivity index (χ0n) is 8.91. The molecule has 0 aromatic carbocycles. The van der Waals surface area contributed by atoms with Crippen LogP contribution in [0.2, 0.25) is 0 Å². The van der Waals surface area contributed by atoms with Gasteiger partial charge in [-0.3, -0.25) is 9.78 Å². The minimum absolute atomic E-state index is 0.231. The molecule has 0 aliphatic carbocycles. The van der Waals surface area contributed by atoms with Gasteiger partial charge in [-0.15, -0.1) is 0 Å². The topological polar surface area (TPSA) is 58.5 Å². The summed E-state index contributed by atoms with van der Waals surface area (Å²) in [4.78, 5) is 0. The second-order valence-corrected chi connectivity index (χ2v) is 3.53. The maximum atomic E-state index is 12.3. The number of nitrogens with one attached hydrogen (secondary N) is 2. The number of hydrogen-bond donors (Lipinski definition) is 2. The molecule has 0 saturated carbocycles. The molecule has 0 aliphatic heterocycles. The molecule has 5 nitrogen and oxygen atoms in total. The van der Waals surface area contributed by atoms with E-state index in [4.69, 9.17) is 0 Å². The highest BCUT2D eigenvalue weighted by molar-refractivity contribution is 5.38. The molecule has 0 amide bonds. The van der Waals surface area contributed by atoms with Gasteiger partial charge in [0.1, 0.15) is 0 Å². The van der Waals surface area contributed by atoms with Crippen LogP contribution >= 0.6 is 0 Å². The third-order valence-electron chi connectivity index (χ3n) is 2.11. The second-order valence-electron chi connectivity index (χ2n) is 3.53. The lowest BCUT2D eigenvalue weighted by Gasteiger charge is -2.00. The molecule has 8 heteroatoms. The van der Waals surface area contributed by atoms with Crippen LogP contribution in [0.3, 0.4) is 0 Å². The van der Waals surface area contributed by atoms with Gasteiger partial charge in [-0.25, -0.2) is 0 Å². The number of aryl methyl sites for hydroxylation is 1. The summed E-state index contributed by atoms with van der Waals surface area (Å²) in [6.45, 7) is 0.231. The Bertz CT molecular complexity index is 499. The molecular weight excluding hydrogens is 235 g/mol. The highest BCUT2D eigenvalue weighted by Gasteiger charge is 2.33. The second kappa shape index (κ2) is 4.11. The molecule has 0 bridgehead atoms. The van der Waals surface area contributed by atoms with Crippen molar-refractivity contribution in [2.45, 2.75) is 12.7 Å². The summed E-state index contributed by atoms with van der Waals surface area (Å²) >= 11 is 0. The first-order valence-corrected chi connectivity index (χ1v) is 4.79. The SMILES string of the molecule is Cn1cc(NCc2cc(C(F)(F)F)n[nH]2)cn1. The molecule has 0 radical (unpaired) electrons. The first-order valence-electron chi connectivity index (χ1n) is 4.79. The van der Waals surface area contributed by atoms with Crippen molar-refractivity contribution in [3.63, 3.8) is 0 Å². The minimum atomic E-state index is -4.41. The number of hydrogen-bond acceptors (Lipinski definition) is 3. The fraction of sp³-hybridized carbons (Fsp3) is 0.333. The van der Waals surface area contributed by atoms with Gasteiger partial charge < -0.3 is 5.32 Å². The summed E-state index contributed by atoms with van der Waals surface area (Å²) in [7, 11) is 1.75. The van der Waals surface area contributed by atoms with Gasteiger partial charge in [0.25, 0.3) is 0 Å². The van der Waals surface area contributed by atoms with E-state index in [1.807, 2.05) is 0 Å². The van der Waals surface area contributed by atoms with Crippen molar-refractivity contribution in [2.75, 3.05) is 5.32 Å². The van der Waals surface area contributed by atoms with E-state index in [1.54, 1.807) is 24.1 Å². The van der Waals surface area contributed by atoms with E-state index in [0.29, 0.717) is 5.69 Å². The van der Waals surface area contributed by atoms with E-state index in [9.17, 15) is 13.2 Å². The van der Waals surface area contributed by atoms with Gasteiger partial charge in [0.05, 0.1) is 24.1 Å². The maximum Gasteiger partial charge on any atom is 0.435 e. The summed E-state index contributed by atoms with van der Waals surface area (Å²) in [6, 6.07) is 0.976. The Morgan fingerprint density at radius 1 is 1.47 bits per heavy atom. The largest absolute Gasteiger partial charge is 0.435 e. The fourth-order valence-corrected chi connectivity index (χ4v) is 1.31. The molecule has 0 unspecified atom stereocenters. The van der Waals surface area contributed by atoms with Crippen molar-refractivity contribution in [3.8, 4) is 0 Å². The number of rotatable bonds is 3. The average molecular weight is 245 g/mol. The molecule has 17 heavy (non-hydrogen) atoms. The lowest BCUT2D eigenvalue weighted by Crippen LogP contribution is -2.04. The number of halogens is 3. The van der Waals surface area contributed by atoms with Crippen LogP contribution in [0.25, 0.3) is 0 Å². The third kappa shape index (κ3) is 2.77. The van der Waals surface area contributed by atoms with Crippen LogP contribution in [0, 0.1) is 0 Å². The van der Waals surface area contributed by atoms with Crippen LogP contribution in [0.4, 0.5) is 18.9 Å². The number of H-pyrrole nitrogens is 1. The smallest absolute Gasteiger partial charge is 0.377 e. The molecule has 2 N–H and O–H groups in total. The maximum absolute atomic E-state index is 12.3. The molecule has 0 atom stereocenters. The monoisotopic (exact) mass is 245 g/mol. The molecule has 2 aromatic rings. The molecule has 2 rings (SSSR count). The van der Waals surface area contributed by atoms with E-state index < -0.39 is 11.9 Å². The van der Waals surface area contributed by atoms with Gasteiger partial charge >= 0.3 is 6.18 Å². The van der Waals surface area contributed by atoms with E-state index in [0.717, 1.165) is 11.8 Å². The Balaban J connectivity index is 1.98. The number of alkyl halides is 3. The average Bonchev–Trinajstić information content (AvgIpc) is 2.82. The molecule has 0 fully saturated rings. The van der Waals surface area contributed by atoms with E-state index in [2.05, 4.69) is 20.6 Å². The summed E-state index contributed by atoms with van der Waals surface area (Å²) in [5.41, 5.74) is 0.178. The standard InChI is InChI=1S/C9H10F3N5/c1-17-5-7(4-14-17)13-3-6-2-8(16-15-6)9(10,11)12/h2,4-5,13H,3H2,1H3,(H,15,16). The molecule has 0 saturated heterocycles. The van der Waals surface area contributed by atoms with Crippen molar-refractivity contribution >= 4 is 5.69 Å². The Hall–Kier alpha value is -1.99. The first-order chi connectivity index (χ1) is 7.95. The van der Waals surface area contributed by atoms with Crippen molar-refractivity contribution in [1.29, 1.82) is 0 Å². The number of aromatic nitrogens is 4. The van der Waals surface area contributed by atoms with Crippen LogP contribution < -0.4 is 5.32 Å². The van der Waals surface area contributed by atoms with Crippen LogP contribution in [-0.4, -0.2) is 20.0 Å². The Morgan fingerprint density at radius 2 is 2.24 bits per heavy atom. The van der Waals surface area contributed by atoms with Gasteiger partial charge in [-0.05, 0) is 6.07 Å². The van der Waals surface area contributed by atoms with Crippen LogP contribution in [0.15, 0.2) is 18.5 Å². The molecule has 0 aliphatic rings. The van der Waals surface area contributed by atoms with Gasteiger partial charge in [0.15, 0.2) is 5.69 Å².